The zero-order chi connectivity index (χ0) is 20.5. The molecule has 4 aromatic rings. The summed E-state index contributed by atoms with van der Waals surface area (Å²) >= 11 is 0. The molecule has 1 aliphatic heterocycles. The van der Waals surface area contributed by atoms with E-state index in [0.717, 1.165) is 46.4 Å². The van der Waals surface area contributed by atoms with Gasteiger partial charge in [-0.15, -0.1) is 0 Å². The average Bonchev–Trinajstić information content (AvgIpc) is 3.39. The monoisotopic (exact) mass is 402 g/mol. The van der Waals surface area contributed by atoms with Crippen molar-refractivity contribution in [1.82, 2.24) is 15.5 Å². The molecule has 0 spiro atoms. The first-order valence-electron chi connectivity index (χ1n) is 9.69. The number of anilines is 1. The number of carbonyl (C=O) groups excluding carboxylic acids is 1. The molecule has 7 heteroatoms. The Bertz CT molecular complexity index is 1230. The number of fused-ring (bicyclic) bond motifs is 2. The number of H-pyrrole nitrogens is 1. The van der Waals surface area contributed by atoms with Crippen LogP contribution in [0.2, 0.25) is 0 Å². The fraction of sp³-hybridized carbons (Fsp3) is 0.130. The first-order valence-corrected chi connectivity index (χ1v) is 9.69. The Kier molecular flexibility index (Phi) is 4.55. The van der Waals surface area contributed by atoms with Crippen molar-refractivity contribution in [3.05, 3.63) is 77.6 Å². The largest absolute Gasteiger partial charge is 0.493 e. The van der Waals surface area contributed by atoms with Crippen molar-refractivity contribution in [2.45, 2.75) is 13.0 Å². The molecule has 2 heterocycles. The van der Waals surface area contributed by atoms with Gasteiger partial charge < -0.3 is 10.1 Å². The molecule has 1 aromatic heterocycles. The number of hydrogen-bond acceptors (Lipinski definition) is 3. The van der Waals surface area contributed by atoms with Crippen LogP contribution in [0.5, 0.6) is 5.75 Å². The third-order valence-corrected chi connectivity index (χ3v) is 5.18. The first-order chi connectivity index (χ1) is 14.7. The van der Waals surface area contributed by atoms with Crippen molar-refractivity contribution < 1.29 is 13.9 Å². The normalized spacial score (nSPS) is 12.4. The highest BCUT2D eigenvalue weighted by atomic mass is 19.1. The highest BCUT2D eigenvalue weighted by Crippen LogP contribution is 2.32. The Morgan fingerprint density at radius 1 is 1.07 bits per heavy atom. The standard InChI is InChI=1S/C23H19FN4O2/c24-18-5-1-14(2-6-18)13-25-23(29)26-22-19-7-3-16(12-20(19)27-28-22)15-4-8-21-17(11-15)9-10-30-21/h1-8,11-12H,9-10,13H2,(H3,25,26,27,28,29). The Morgan fingerprint density at radius 2 is 1.87 bits per heavy atom. The number of ether oxygens (including phenoxy) is 1. The summed E-state index contributed by atoms with van der Waals surface area (Å²) in [5.41, 5.74) is 5.04. The predicted octanol–water partition coefficient (Wildman–Crippen LogP) is 4.63. The van der Waals surface area contributed by atoms with Crippen molar-refractivity contribution in [2.75, 3.05) is 11.9 Å². The van der Waals surface area contributed by atoms with Crippen LogP contribution in [0.3, 0.4) is 0 Å². The number of halogens is 1. The molecule has 3 aromatic carbocycles. The minimum atomic E-state index is -0.379. The summed E-state index contributed by atoms with van der Waals surface area (Å²) in [6, 6.07) is 17.8. The van der Waals surface area contributed by atoms with Crippen LogP contribution in [0.25, 0.3) is 22.0 Å². The van der Waals surface area contributed by atoms with E-state index >= 15 is 0 Å². The second kappa shape index (κ2) is 7.51. The molecular formula is C23H19FN4O2. The zero-order valence-electron chi connectivity index (χ0n) is 16.0. The van der Waals surface area contributed by atoms with E-state index in [0.29, 0.717) is 12.4 Å². The van der Waals surface area contributed by atoms with Gasteiger partial charge in [0.25, 0.3) is 0 Å². The summed E-state index contributed by atoms with van der Waals surface area (Å²) in [5, 5.41) is 13.5. The van der Waals surface area contributed by atoms with Gasteiger partial charge in [0, 0.05) is 18.4 Å². The second-order valence-electron chi connectivity index (χ2n) is 7.19. The number of amides is 2. The minimum Gasteiger partial charge on any atom is -0.493 e. The number of aromatic nitrogens is 2. The van der Waals surface area contributed by atoms with Crippen molar-refractivity contribution in [1.29, 1.82) is 0 Å². The van der Waals surface area contributed by atoms with E-state index < -0.39 is 0 Å². The summed E-state index contributed by atoms with van der Waals surface area (Å²) in [5.74, 6) is 1.11. The van der Waals surface area contributed by atoms with Crippen LogP contribution in [0.1, 0.15) is 11.1 Å². The lowest BCUT2D eigenvalue weighted by atomic mass is 10.0. The summed E-state index contributed by atoms with van der Waals surface area (Å²) in [7, 11) is 0. The number of urea groups is 1. The molecule has 0 fully saturated rings. The van der Waals surface area contributed by atoms with E-state index in [1.54, 1.807) is 12.1 Å². The predicted molar refractivity (Wildman–Crippen MR) is 113 cm³/mol. The SMILES string of the molecule is O=C(NCc1ccc(F)cc1)Nc1n[nH]c2cc(-c3ccc4c(c3)CCO4)ccc12. The number of aromatic amines is 1. The van der Waals surface area contributed by atoms with Gasteiger partial charge in [0.05, 0.1) is 12.1 Å². The maximum absolute atomic E-state index is 13.0. The maximum Gasteiger partial charge on any atom is 0.320 e. The van der Waals surface area contributed by atoms with E-state index in [1.807, 2.05) is 30.3 Å². The van der Waals surface area contributed by atoms with Crippen LogP contribution in [0.15, 0.2) is 60.7 Å². The summed E-state index contributed by atoms with van der Waals surface area (Å²) < 4.78 is 18.5. The molecule has 0 bridgehead atoms. The maximum atomic E-state index is 13.0. The molecule has 0 unspecified atom stereocenters. The van der Waals surface area contributed by atoms with Crippen LogP contribution in [-0.4, -0.2) is 22.8 Å². The van der Waals surface area contributed by atoms with E-state index in [4.69, 9.17) is 4.74 Å². The van der Waals surface area contributed by atoms with Crippen molar-refractivity contribution in [2.24, 2.45) is 0 Å². The molecule has 0 aliphatic carbocycles. The lowest BCUT2D eigenvalue weighted by Gasteiger charge is -2.07. The number of benzene rings is 3. The molecule has 3 N–H and O–H groups in total. The second-order valence-corrected chi connectivity index (χ2v) is 7.19. The van der Waals surface area contributed by atoms with E-state index in [-0.39, 0.29) is 11.8 Å². The number of hydrogen-bond donors (Lipinski definition) is 3. The van der Waals surface area contributed by atoms with Crippen molar-refractivity contribution >= 4 is 22.8 Å². The Labute approximate surface area is 172 Å². The van der Waals surface area contributed by atoms with Gasteiger partial charge in [-0.1, -0.05) is 24.3 Å². The highest BCUT2D eigenvalue weighted by molar-refractivity contribution is 6.00. The molecule has 0 radical (unpaired) electrons. The number of nitrogens with zero attached hydrogens (tertiary/aromatic N) is 1. The van der Waals surface area contributed by atoms with Crippen LogP contribution in [-0.2, 0) is 13.0 Å². The number of rotatable bonds is 4. The van der Waals surface area contributed by atoms with Crippen LogP contribution >= 0.6 is 0 Å². The lowest BCUT2D eigenvalue weighted by molar-refractivity contribution is 0.251. The van der Waals surface area contributed by atoms with Crippen LogP contribution in [0, 0.1) is 5.82 Å². The van der Waals surface area contributed by atoms with Gasteiger partial charge in [-0.05, 0) is 58.7 Å². The van der Waals surface area contributed by atoms with E-state index in [2.05, 4.69) is 26.9 Å². The summed E-state index contributed by atoms with van der Waals surface area (Å²) in [6.07, 6.45) is 0.927. The van der Waals surface area contributed by atoms with Gasteiger partial charge in [0.1, 0.15) is 11.6 Å². The van der Waals surface area contributed by atoms with Gasteiger partial charge in [0.15, 0.2) is 5.82 Å². The Hall–Kier alpha value is -3.87. The molecule has 6 nitrogen and oxygen atoms in total. The first kappa shape index (κ1) is 18.2. The highest BCUT2D eigenvalue weighted by Gasteiger charge is 2.14. The quantitative estimate of drug-likeness (QED) is 0.466. The Balaban J connectivity index is 1.30. The molecule has 30 heavy (non-hydrogen) atoms. The smallest absolute Gasteiger partial charge is 0.320 e. The van der Waals surface area contributed by atoms with Crippen molar-refractivity contribution in [3.8, 4) is 16.9 Å². The molecule has 1 aliphatic rings. The topological polar surface area (TPSA) is 79.0 Å². The number of carbonyl (C=O) groups is 1. The lowest BCUT2D eigenvalue weighted by Crippen LogP contribution is -2.28. The fourth-order valence-corrected chi connectivity index (χ4v) is 3.60. The van der Waals surface area contributed by atoms with Gasteiger partial charge in [-0.25, -0.2) is 9.18 Å². The van der Waals surface area contributed by atoms with Gasteiger partial charge in [-0.2, -0.15) is 5.10 Å². The van der Waals surface area contributed by atoms with Crippen LogP contribution in [0.4, 0.5) is 15.0 Å². The van der Waals surface area contributed by atoms with Gasteiger partial charge in [0.2, 0.25) is 0 Å². The molecule has 150 valence electrons. The molecule has 5 rings (SSSR count). The Morgan fingerprint density at radius 3 is 2.73 bits per heavy atom. The van der Waals surface area contributed by atoms with Gasteiger partial charge >= 0.3 is 6.03 Å². The van der Waals surface area contributed by atoms with Crippen LogP contribution < -0.4 is 15.4 Å². The van der Waals surface area contributed by atoms with Gasteiger partial charge in [-0.3, -0.25) is 10.4 Å². The van der Waals surface area contributed by atoms with E-state index in [1.165, 1.54) is 17.7 Å². The molecule has 2 amide bonds. The molecular weight excluding hydrogens is 383 g/mol. The molecule has 0 atom stereocenters. The third-order valence-electron chi connectivity index (χ3n) is 5.18. The minimum absolute atomic E-state index is 0.292. The fourth-order valence-electron chi connectivity index (χ4n) is 3.60. The van der Waals surface area contributed by atoms with Crippen molar-refractivity contribution in [3.63, 3.8) is 0 Å². The van der Waals surface area contributed by atoms with E-state index in [9.17, 15) is 9.18 Å². The number of nitrogens with one attached hydrogen (secondary N) is 3. The molecule has 0 saturated heterocycles. The summed E-state index contributed by atoms with van der Waals surface area (Å²) in [4.78, 5) is 12.2. The summed E-state index contributed by atoms with van der Waals surface area (Å²) in [6.45, 7) is 1.03. The molecule has 0 saturated carbocycles. The zero-order valence-corrected chi connectivity index (χ0v) is 16.0. The average molecular weight is 402 g/mol. The third kappa shape index (κ3) is 3.57.